The number of rotatable bonds is 7. The number of hydrogen-bond donors (Lipinski definition) is 1. The van der Waals surface area contributed by atoms with Crippen LogP contribution in [0.5, 0.6) is 11.5 Å². The number of benzene rings is 3. The standard InChI is InChI=1S/C24H21BrFNO3/c1-16-7-3-6-10-21(16)27-23(28)12-11-17-13-19(25)24(22(14-17)29-2)30-15-18-8-4-5-9-20(18)26/h3-14H,15H2,1-2H3,(H,27,28)/b12-11+. The molecule has 30 heavy (non-hydrogen) atoms. The molecule has 0 bridgehead atoms. The van der Waals surface area contributed by atoms with Gasteiger partial charge in [-0.15, -0.1) is 0 Å². The summed E-state index contributed by atoms with van der Waals surface area (Å²) in [5.74, 6) is 0.369. The average molecular weight is 470 g/mol. The topological polar surface area (TPSA) is 47.6 Å². The van der Waals surface area contributed by atoms with Gasteiger partial charge < -0.3 is 14.8 Å². The van der Waals surface area contributed by atoms with E-state index in [1.54, 1.807) is 36.4 Å². The van der Waals surface area contributed by atoms with E-state index in [4.69, 9.17) is 9.47 Å². The van der Waals surface area contributed by atoms with E-state index < -0.39 is 0 Å². The number of methoxy groups -OCH3 is 1. The summed E-state index contributed by atoms with van der Waals surface area (Å²) >= 11 is 3.47. The highest BCUT2D eigenvalue weighted by Crippen LogP contribution is 2.37. The Morgan fingerprint density at radius 1 is 1.13 bits per heavy atom. The Morgan fingerprint density at radius 2 is 1.87 bits per heavy atom. The number of para-hydroxylation sites is 1. The van der Waals surface area contributed by atoms with E-state index in [-0.39, 0.29) is 18.3 Å². The molecule has 6 heteroatoms. The normalized spacial score (nSPS) is 10.8. The number of halogens is 2. The number of anilines is 1. The zero-order chi connectivity index (χ0) is 21.5. The maximum absolute atomic E-state index is 13.8. The Kier molecular flexibility index (Phi) is 7.25. The highest BCUT2D eigenvalue weighted by atomic mass is 79.9. The summed E-state index contributed by atoms with van der Waals surface area (Å²) in [6, 6.07) is 17.6. The summed E-state index contributed by atoms with van der Waals surface area (Å²) < 4.78 is 25.7. The van der Waals surface area contributed by atoms with Gasteiger partial charge in [-0.1, -0.05) is 36.4 Å². The Hall–Kier alpha value is -3.12. The number of amides is 1. The van der Waals surface area contributed by atoms with Crippen molar-refractivity contribution in [2.45, 2.75) is 13.5 Å². The second-order valence-electron chi connectivity index (χ2n) is 6.55. The summed E-state index contributed by atoms with van der Waals surface area (Å²) in [4.78, 5) is 12.2. The molecule has 154 valence electrons. The molecule has 0 saturated heterocycles. The van der Waals surface area contributed by atoms with Gasteiger partial charge in [-0.25, -0.2) is 4.39 Å². The summed E-state index contributed by atoms with van der Waals surface area (Å²) in [5.41, 5.74) is 2.95. The van der Waals surface area contributed by atoms with Gasteiger partial charge in [0.2, 0.25) is 5.91 Å². The Morgan fingerprint density at radius 3 is 2.60 bits per heavy atom. The first kappa shape index (κ1) is 21.6. The molecule has 0 aliphatic rings. The molecule has 0 heterocycles. The largest absolute Gasteiger partial charge is 0.493 e. The van der Waals surface area contributed by atoms with E-state index in [0.717, 1.165) is 16.8 Å². The predicted molar refractivity (Wildman–Crippen MR) is 120 cm³/mol. The van der Waals surface area contributed by atoms with Crippen LogP contribution in [0, 0.1) is 12.7 Å². The van der Waals surface area contributed by atoms with Crippen molar-refractivity contribution in [2.24, 2.45) is 0 Å². The molecule has 4 nitrogen and oxygen atoms in total. The predicted octanol–water partition coefficient (Wildman–Crippen LogP) is 6.14. The third kappa shape index (κ3) is 5.48. The van der Waals surface area contributed by atoms with Crippen LogP contribution in [-0.2, 0) is 11.4 Å². The number of carbonyl (C=O) groups excluding carboxylic acids is 1. The minimum absolute atomic E-state index is 0.0651. The number of aryl methyl sites for hydroxylation is 1. The van der Waals surface area contributed by atoms with Crippen molar-refractivity contribution in [2.75, 3.05) is 12.4 Å². The first-order valence-corrected chi connectivity index (χ1v) is 10.1. The van der Waals surface area contributed by atoms with Crippen LogP contribution in [-0.4, -0.2) is 13.0 Å². The van der Waals surface area contributed by atoms with Crippen LogP contribution >= 0.6 is 15.9 Å². The van der Waals surface area contributed by atoms with E-state index >= 15 is 0 Å². The van der Waals surface area contributed by atoms with Crippen molar-refractivity contribution < 1.29 is 18.7 Å². The average Bonchev–Trinajstić information content (AvgIpc) is 2.74. The zero-order valence-electron chi connectivity index (χ0n) is 16.6. The lowest BCUT2D eigenvalue weighted by Crippen LogP contribution is -2.08. The lowest BCUT2D eigenvalue weighted by molar-refractivity contribution is -0.111. The summed E-state index contributed by atoms with van der Waals surface area (Å²) in [6.07, 6.45) is 3.13. The molecule has 0 spiro atoms. The number of nitrogens with one attached hydrogen (secondary N) is 1. The highest BCUT2D eigenvalue weighted by molar-refractivity contribution is 9.10. The quantitative estimate of drug-likeness (QED) is 0.423. The van der Waals surface area contributed by atoms with E-state index in [1.807, 2.05) is 31.2 Å². The minimum Gasteiger partial charge on any atom is -0.493 e. The Bertz CT molecular complexity index is 1080. The van der Waals surface area contributed by atoms with Crippen molar-refractivity contribution in [3.8, 4) is 11.5 Å². The molecule has 0 aromatic heterocycles. The lowest BCUT2D eigenvalue weighted by atomic mass is 10.1. The van der Waals surface area contributed by atoms with Crippen LogP contribution in [0.1, 0.15) is 16.7 Å². The van der Waals surface area contributed by atoms with Gasteiger partial charge >= 0.3 is 0 Å². The molecule has 1 N–H and O–H groups in total. The van der Waals surface area contributed by atoms with Gasteiger partial charge in [0.15, 0.2) is 11.5 Å². The third-order valence-electron chi connectivity index (χ3n) is 4.41. The second-order valence-corrected chi connectivity index (χ2v) is 7.41. The van der Waals surface area contributed by atoms with Crippen LogP contribution in [0.25, 0.3) is 6.08 Å². The van der Waals surface area contributed by atoms with Crippen LogP contribution in [0.4, 0.5) is 10.1 Å². The molecule has 0 unspecified atom stereocenters. The van der Waals surface area contributed by atoms with Crippen molar-refractivity contribution in [3.05, 3.63) is 93.7 Å². The molecular formula is C24H21BrFNO3. The van der Waals surface area contributed by atoms with Crippen molar-refractivity contribution in [1.82, 2.24) is 0 Å². The van der Waals surface area contributed by atoms with Crippen molar-refractivity contribution >= 4 is 33.6 Å². The fraction of sp³-hybridized carbons (Fsp3) is 0.125. The maximum Gasteiger partial charge on any atom is 0.248 e. The molecular weight excluding hydrogens is 449 g/mol. The number of hydrogen-bond acceptors (Lipinski definition) is 3. The summed E-state index contributed by atoms with van der Waals surface area (Å²) in [6.45, 7) is 2.00. The first-order valence-electron chi connectivity index (χ1n) is 9.26. The first-order chi connectivity index (χ1) is 14.5. The molecule has 0 aliphatic carbocycles. The second kappa shape index (κ2) is 10.1. The van der Waals surface area contributed by atoms with Gasteiger partial charge in [0.25, 0.3) is 0 Å². The number of carbonyl (C=O) groups is 1. The van der Waals surface area contributed by atoms with E-state index in [1.165, 1.54) is 19.3 Å². The molecule has 3 rings (SSSR count). The van der Waals surface area contributed by atoms with Gasteiger partial charge in [-0.2, -0.15) is 0 Å². The van der Waals surface area contributed by atoms with Gasteiger partial charge in [0.1, 0.15) is 12.4 Å². The van der Waals surface area contributed by atoms with E-state index in [0.29, 0.717) is 21.5 Å². The van der Waals surface area contributed by atoms with Gasteiger partial charge in [0.05, 0.1) is 11.6 Å². The minimum atomic E-state index is -0.327. The zero-order valence-corrected chi connectivity index (χ0v) is 18.2. The van der Waals surface area contributed by atoms with Crippen LogP contribution in [0.15, 0.2) is 71.2 Å². The Labute approximate surface area is 183 Å². The maximum atomic E-state index is 13.8. The lowest BCUT2D eigenvalue weighted by Gasteiger charge is -2.14. The van der Waals surface area contributed by atoms with Crippen LogP contribution in [0.2, 0.25) is 0 Å². The summed E-state index contributed by atoms with van der Waals surface area (Å²) in [5, 5.41) is 2.85. The molecule has 3 aromatic carbocycles. The fourth-order valence-corrected chi connectivity index (χ4v) is 3.38. The molecule has 0 aliphatic heterocycles. The van der Waals surface area contributed by atoms with Crippen molar-refractivity contribution in [3.63, 3.8) is 0 Å². The van der Waals surface area contributed by atoms with Gasteiger partial charge in [0, 0.05) is 17.3 Å². The van der Waals surface area contributed by atoms with E-state index in [9.17, 15) is 9.18 Å². The van der Waals surface area contributed by atoms with Gasteiger partial charge in [-0.3, -0.25) is 4.79 Å². The molecule has 1 amide bonds. The molecule has 0 atom stereocenters. The SMILES string of the molecule is COc1cc(/C=C/C(=O)Nc2ccccc2C)cc(Br)c1OCc1ccccc1F. The van der Waals surface area contributed by atoms with E-state index in [2.05, 4.69) is 21.2 Å². The molecule has 0 fully saturated rings. The third-order valence-corrected chi connectivity index (χ3v) is 5.00. The summed E-state index contributed by atoms with van der Waals surface area (Å²) in [7, 11) is 1.52. The van der Waals surface area contributed by atoms with Crippen molar-refractivity contribution in [1.29, 1.82) is 0 Å². The molecule has 0 saturated carbocycles. The molecule has 3 aromatic rings. The molecule has 0 radical (unpaired) electrons. The smallest absolute Gasteiger partial charge is 0.248 e. The van der Waals surface area contributed by atoms with Crippen LogP contribution in [0.3, 0.4) is 0 Å². The van der Waals surface area contributed by atoms with Crippen LogP contribution < -0.4 is 14.8 Å². The fourth-order valence-electron chi connectivity index (χ4n) is 2.80. The number of ether oxygens (including phenoxy) is 2. The highest BCUT2D eigenvalue weighted by Gasteiger charge is 2.12. The Balaban J connectivity index is 1.73. The monoisotopic (exact) mass is 469 g/mol. The van der Waals surface area contributed by atoms with Gasteiger partial charge in [-0.05, 0) is 64.3 Å².